The van der Waals surface area contributed by atoms with Crippen LogP contribution in [-0.4, -0.2) is 56.5 Å². The Hall–Kier alpha value is -2.16. The van der Waals surface area contributed by atoms with Crippen molar-refractivity contribution in [2.45, 2.75) is 32.8 Å². The third-order valence-electron chi connectivity index (χ3n) is 3.44. The van der Waals surface area contributed by atoms with Gasteiger partial charge in [-0.3, -0.25) is 14.4 Å². The summed E-state index contributed by atoms with van der Waals surface area (Å²) in [5.74, 6) is -8.61. The maximum Gasteiger partial charge on any atom is 0.337 e. The van der Waals surface area contributed by atoms with E-state index in [4.69, 9.17) is 10.2 Å². The monoisotopic (exact) mass is 306 g/mol. The van der Waals surface area contributed by atoms with Crippen LogP contribution in [0.4, 0.5) is 0 Å². The zero-order valence-electron chi connectivity index (χ0n) is 11.8. The highest BCUT2D eigenvalue weighted by Gasteiger charge is 2.63. The van der Waals surface area contributed by atoms with Crippen molar-refractivity contribution in [3.05, 3.63) is 0 Å². The normalized spacial score (nSPS) is 17.9. The number of hydrogen-bond acceptors (Lipinski definition) is 6. The summed E-state index contributed by atoms with van der Waals surface area (Å²) in [5, 5.41) is 37.6. The number of rotatable bonds is 8. The van der Waals surface area contributed by atoms with Crippen LogP contribution in [0.15, 0.2) is 0 Å². The van der Waals surface area contributed by atoms with Gasteiger partial charge in [0.1, 0.15) is 5.41 Å². The van der Waals surface area contributed by atoms with Crippen LogP contribution < -0.4 is 0 Å². The minimum absolute atomic E-state index is 0.0749. The van der Waals surface area contributed by atoms with Crippen molar-refractivity contribution in [2.24, 2.45) is 11.3 Å². The van der Waals surface area contributed by atoms with Gasteiger partial charge in [0, 0.05) is 0 Å². The highest BCUT2D eigenvalue weighted by molar-refractivity contribution is 5.95. The van der Waals surface area contributed by atoms with E-state index in [0.29, 0.717) is 0 Å². The minimum atomic E-state index is -3.20. The number of carboxylic acid groups (broad SMARTS) is 3. The first-order chi connectivity index (χ1) is 9.45. The maximum atomic E-state index is 11.5. The van der Waals surface area contributed by atoms with Crippen molar-refractivity contribution in [2.75, 3.05) is 6.61 Å². The van der Waals surface area contributed by atoms with Gasteiger partial charge in [-0.1, -0.05) is 0 Å². The van der Waals surface area contributed by atoms with E-state index in [0.717, 1.165) is 13.8 Å². The zero-order chi connectivity index (χ0) is 17.0. The summed E-state index contributed by atoms with van der Waals surface area (Å²) in [6.45, 7) is 3.02. The average molecular weight is 306 g/mol. The summed E-state index contributed by atoms with van der Waals surface area (Å²) in [4.78, 5) is 45.2. The number of esters is 1. The SMILES string of the molecule is CCOC(=O)CC(C)(C(=O)O)C(O)(C(=O)O)C(C)C(=O)O. The first-order valence-corrected chi connectivity index (χ1v) is 6.02. The molecule has 0 saturated carbocycles. The van der Waals surface area contributed by atoms with Crippen LogP contribution in [0.1, 0.15) is 27.2 Å². The van der Waals surface area contributed by atoms with E-state index in [2.05, 4.69) is 4.74 Å². The Morgan fingerprint density at radius 3 is 1.86 bits per heavy atom. The maximum absolute atomic E-state index is 11.5. The van der Waals surface area contributed by atoms with Crippen LogP contribution in [0.25, 0.3) is 0 Å². The van der Waals surface area contributed by atoms with Gasteiger partial charge in [-0.25, -0.2) is 4.79 Å². The molecule has 0 aromatic rings. The first-order valence-electron chi connectivity index (χ1n) is 6.02. The molecule has 0 spiro atoms. The fourth-order valence-electron chi connectivity index (χ4n) is 1.95. The number of aliphatic carboxylic acids is 3. The molecule has 0 aliphatic carbocycles. The van der Waals surface area contributed by atoms with Crippen molar-refractivity contribution >= 4 is 23.9 Å². The second-order valence-electron chi connectivity index (χ2n) is 4.75. The van der Waals surface area contributed by atoms with Gasteiger partial charge in [0.15, 0.2) is 5.60 Å². The van der Waals surface area contributed by atoms with Crippen molar-refractivity contribution < 1.29 is 44.3 Å². The largest absolute Gasteiger partial charge is 0.481 e. The first kappa shape index (κ1) is 18.8. The Kier molecular flexibility index (Phi) is 5.86. The summed E-state index contributed by atoms with van der Waals surface area (Å²) in [6.07, 6.45) is -0.989. The second kappa shape index (κ2) is 6.53. The number of hydrogen-bond donors (Lipinski definition) is 4. The van der Waals surface area contributed by atoms with E-state index in [1.54, 1.807) is 0 Å². The highest BCUT2D eigenvalue weighted by Crippen LogP contribution is 2.41. The number of carboxylic acids is 3. The molecule has 0 heterocycles. The van der Waals surface area contributed by atoms with Gasteiger partial charge in [-0.2, -0.15) is 0 Å². The van der Waals surface area contributed by atoms with Crippen LogP contribution >= 0.6 is 0 Å². The molecule has 0 bridgehead atoms. The fraction of sp³-hybridized carbons (Fsp3) is 0.667. The van der Waals surface area contributed by atoms with E-state index in [-0.39, 0.29) is 6.61 Å². The predicted octanol–water partition coefficient (Wildman–Crippen LogP) is -0.433. The Bertz CT molecular complexity index is 458. The molecular weight excluding hydrogens is 288 g/mol. The van der Waals surface area contributed by atoms with Gasteiger partial charge in [-0.15, -0.1) is 0 Å². The molecule has 4 N–H and O–H groups in total. The van der Waals surface area contributed by atoms with Crippen molar-refractivity contribution in [3.8, 4) is 0 Å². The molecule has 9 nitrogen and oxygen atoms in total. The standard InChI is InChI=1S/C12H18O9/c1-4-21-7(13)5-11(3,9(16)17)12(20,10(18)19)6(2)8(14)15/h6,20H,4-5H2,1-3H3,(H,14,15)(H,16,17)(H,18,19). The molecule has 0 radical (unpaired) electrons. The van der Waals surface area contributed by atoms with Gasteiger partial charge < -0.3 is 25.2 Å². The van der Waals surface area contributed by atoms with Gasteiger partial charge in [0.25, 0.3) is 0 Å². The van der Waals surface area contributed by atoms with E-state index in [1.165, 1.54) is 6.92 Å². The minimum Gasteiger partial charge on any atom is -0.481 e. The smallest absolute Gasteiger partial charge is 0.337 e. The van der Waals surface area contributed by atoms with E-state index in [1.807, 2.05) is 0 Å². The lowest BCUT2D eigenvalue weighted by Crippen LogP contribution is -2.63. The molecule has 0 aliphatic rings. The Morgan fingerprint density at radius 2 is 1.57 bits per heavy atom. The van der Waals surface area contributed by atoms with E-state index < -0.39 is 47.2 Å². The molecule has 3 unspecified atom stereocenters. The lowest BCUT2D eigenvalue weighted by Gasteiger charge is -2.40. The number of aliphatic hydroxyl groups is 1. The van der Waals surface area contributed by atoms with Gasteiger partial charge >= 0.3 is 23.9 Å². The number of carbonyl (C=O) groups is 4. The van der Waals surface area contributed by atoms with Crippen molar-refractivity contribution in [1.82, 2.24) is 0 Å². The molecule has 0 aromatic carbocycles. The van der Waals surface area contributed by atoms with Crippen molar-refractivity contribution in [3.63, 3.8) is 0 Å². The zero-order valence-corrected chi connectivity index (χ0v) is 11.8. The van der Waals surface area contributed by atoms with Crippen LogP contribution in [0.3, 0.4) is 0 Å². The topological polar surface area (TPSA) is 158 Å². The van der Waals surface area contributed by atoms with Crippen molar-refractivity contribution in [1.29, 1.82) is 0 Å². The summed E-state index contributed by atoms with van der Waals surface area (Å²) in [5.41, 5.74) is -5.78. The van der Waals surface area contributed by atoms with Crippen LogP contribution in [0, 0.1) is 11.3 Å². The van der Waals surface area contributed by atoms with Crippen LogP contribution in [0.5, 0.6) is 0 Å². The average Bonchev–Trinajstić information content (AvgIpc) is 2.35. The summed E-state index contributed by atoms with van der Waals surface area (Å²) < 4.78 is 4.55. The molecule has 0 rings (SSSR count). The molecule has 120 valence electrons. The quantitative estimate of drug-likeness (QED) is 0.436. The molecule has 9 heteroatoms. The Labute approximate surface area is 120 Å². The highest BCUT2D eigenvalue weighted by atomic mass is 16.5. The van der Waals surface area contributed by atoms with E-state index >= 15 is 0 Å². The molecule has 0 aliphatic heterocycles. The lowest BCUT2D eigenvalue weighted by molar-refractivity contribution is -0.203. The fourth-order valence-corrected chi connectivity index (χ4v) is 1.95. The van der Waals surface area contributed by atoms with Gasteiger partial charge in [0.05, 0.1) is 18.9 Å². The third kappa shape index (κ3) is 3.30. The number of ether oxygens (including phenoxy) is 1. The molecular formula is C12H18O9. The molecule has 0 fully saturated rings. The molecule has 21 heavy (non-hydrogen) atoms. The summed E-state index contributed by atoms with van der Waals surface area (Å²) in [6, 6.07) is 0. The lowest BCUT2D eigenvalue weighted by atomic mass is 9.65. The molecule has 0 aromatic heterocycles. The third-order valence-corrected chi connectivity index (χ3v) is 3.44. The van der Waals surface area contributed by atoms with Crippen LogP contribution in [-0.2, 0) is 23.9 Å². The molecule has 0 amide bonds. The van der Waals surface area contributed by atoms with E-state index in [9.17, 15) is 29.4 Å². The Balaban J connectivity index is 5.97. The van der Waals surface area contributed by atoms with Gasteiger partial charge in [0.2, 0.25) is 0 Å². The molecule has 0 saturated heterocycles. The Morgan fingerprint density at radius 1 is 1.10 bits per heavy atom. The summed E-state index contributed by atoms with van der Waals surface area (Å²) >= 11 is 0. The molecule has 3 atom stereocenters. The summed E-state index contributed by atoms with van der Waals surface area (Å²) in [7, 11) is 0. The second-order valence-corrected chi connectivity index (χ2v) is 4.75. The predicted molar refractivity (Wildman–Crippen MR) is 66.4 cm³/mol. The number of carbonyl (C=O) groups excluding carboxylic acids is 1. The van der Waals surface area contributed by atoms with Gasteiger partial charge in [-0.05, 0) is 20.8 Å². The van der Waals surface area contributed by atoms with Crippen LogP contribution in [0.2, 0.25) is 0 Å².